The molecule has 184 valence electrons. The predicted octanol–water partition coefficient (Wildman–Crippen LogP) is 4.63. The number of phenols is 1. The van der Waals surface area contributed by atoms with Crippen LogP contribution in [0.1, 0.15) is 37.2 Å². The minimum absolute atomic E-state index is 0.0781. The second-order valence-electron chi connectivity index (χ2n) is 8.97. The molecule has 35 heavy (non-hydrogen) atoms. The van der Waals surface area contributed by atoms with Gasteiger partial charge in [-0.3, -0.25) is 14.5 Å². The van der Waals surface area contributed by atoms with Gasteiger partial charge in [0.05, 0.1) is 6.26 Å². The zero-order valence-electron chi connectivity index (χ0n) is 20.4. The molecule has 1 atom stereocenters. The van der Waals surface area contributed by atoms with Gasteiger partial charge in [-0.05, 0) is 47.5 Å². The Balaban J connectivity index is 0.000000917. The average molecular weight is 476 g/mol. The van der Waals surface area contributed by atoms with Gasteiger partial charge in [0.2, 0.25) is 5.91 Å². The van der Waals surface area contributed by atoms with E-state index >= 15 is 0 Å². The van der Waals surface area contributed by atoms with Crippen LogP contribution in [0.2, 0.25) is 0 Å². The van der Waals surface area contributed by atoms with Crippen molar-refractivity contribution in [3.8, 4) is 16.9 Å². The Morgan fingerprint density at radius 1 is 0.971 bits per heavy atom. The number of benzene rings is 2. The topological polar surface area (TPSA) is 77.2 Å². The van der Waals surface area contributed by atoms with E-state index in [-0.39, 0.29) is 23.6 Å². The molecule has 0 aliphatic carbocycles. The molecule has 0 spiro atoms. The van der Waals surface area contributed by atoms with Crippen molar-refractivity contribution in [1.82, 2.24) is 9.80 Å². The fourth-order valence-corrected chi connectivity index (χ4v) is 4.55. The highest BCUT2D eigenvalue weighted by molar-refractivity contribution is 5.96. The van der Waals surface area contributed by atoms with Gasteiger partial charge in [0, 0.05) is 50.9 Å². The van der Waals surface area contributed by atoms with E-state index in [1.165, 1.54) is 12.7 Å². The van der Waals surface area contributed by atoms with Gasteiger partial charge >= 0.3 is 0 Å². The number of carbonyl (C=O) groups is 2. The Morgan fingerprint density at radius 3 is 2.31 bits per heavy atom. The van der Waals surface area contributed by atoms with Crippen molar-refractivity contribution in [2.24, 2.45) is 0 Å². The first-order valence-electron chi connectivity index (χ1n) is 12.3. The van der Waals surface area contributed by atoms with Crippen LogP contribution in [0, 0.1) is 0 Å². The van der Waals surface area contributed by atoms with Crippen LogP contribution < -0.4 is 4.90 Å². The van der Waals surface area contributed by atoms with E-state index in [2.05, 4.69) is 18.7 Å². The summed E-state index contributed by atoms with van der Waals surface area (Å²) in [7, 11) is 0. The molecule has 7 nitrogen and oxygen atoms in total. The van der Waals surface area contributed by atoms with E-state index in [1.807, 2.05) is 46.2 Å². The third-order valence-corrected chi connectivity index (χ3v) is 6.31. The highest BCUT2D eigenvalue weighted by Gasteiger charge is 2.36. The molecule has 3 aromatic rings. The van der Waals surface area contributed by atoms with Crippen molar-refractivity contribution >= 4 is 17.5 Å². The highest BCUT2D eigenvalue weighted by Crippen LogP contribution is 2.29. The molecule has 7 heteroatoms. The average Bonchev–Trinajstić information content (AvgIpc) is 3.55. The predicted molar refractivity (Wildman–Crippen MR) is 136 cm³/mol. The van der Waals surface area contributed by atoms with Crippen LogP contribution >= 0.6 is 0 Å². The summed E-state index contributed by atoms with van der Waals surface area (Å²) >= 11 is 0. The minimum atomic E-state index is -0.0781. The molecule has 2 aliphatic heterocycles. The third-order valence-electron chi connectivity index (χ3n) is 6.31. The van der Waals surface area contributed by atoms with E-state index in [9.17, 15) is 14.7 Å². The standard InChI is InChI=1S/C25H25N3O4.C3H8/c29-22-4-1-3-19(15-22)18-6-8-20(9-7-18)28-17-21(16-24(28)30)26-10-12-27(13-11-26)25(31)23-5-2-14-32-23;1-3-2/h1-9,14-15,21,29H,10-13,16-17H2;3H2,1-2H3. The molecule has 1 aromatic heterocycles. The molecule has 0 radical (unpaired) electrons. The van der Waals surface area contributed by atoms with E-state index < -0.39 is 0 Å². The molecule has 1 unspecified atom stereocenters. The summed E-state index contributed by atoms with van der Waals surface area (Å²) in [5, 5.41) is 9.70. The molecule has 0 bridgehead atoms. The summed E-state index contributed by atoms with van der Waals surface area (Å²) in [4.78, 5) is 31.2. The van der Waals surface area contributed by atoms with Gasteiger partial charge in [-0.15, -0.1) is 0 Å². The summed E-state index contributed by atoms with van der Waals surface area (Å²) in [5.74, 6) is 0.643. The molecule has 0 saturated carbocycles. The first-order chi connectivity index (χ1) is 17.0. The van der Waals surface area contributed by atoms with Gasteiger partial charge in [0.1, 0.15) is 5.75 Å². The minimum Gasteiger partial charge on any atom is -0.508 e. The molecule has 5 rings (SSSR count). The van der Waals surface area contributed by atoms with Crippen molar-refractivity contribution in [2.75, 3.05) is 37.6 Å². The van der Waals surface area contributed by atoms with Crippen LogP contribution in [-0.4, -0.2) is 65.5 Å². The van der Waals surface area contributed by atoms with Gasteiger partial charge in [0.25, 0.3) is 5.91 Å². The molecule has 3 heterocycles. The summed E-state index contributed by atoms with van der Waals surface area (Å²) < 4.78 is 5.23. The van der Waals surface area contributed by atoms with E-state index in [0.717, 1.165) is 29.9 Å². The summed E-state index contributed by atoms with van der Waals surface area (Å²) in [6.45, 7) is 7.64. The van der Waals surface area contributed by atoms with Crippen LogP contribution in [0.25, 0.3) is 11.1 Å². The Morgan fingerprint density at radius 2 is 1.69 bits per heavy atom. The molecule has 2 fully saturated rings. The quantitative estimate of drug-likeness (QED) is 0.595. The Hall–Kier alpha value is -3.58. The van der Waals surface area contributed by atoms with Crippen LogP contribution in [0.5, 0.6) is 5.75 Å². The fraction of sp³-hybridized carbons (Fsp3) is 0.357. The van der Waals surface area contributed by atoms with Crippen LogP contribution in [0.3, 0.4) is 0 Å². The maximum absolute atomic E-state index is 12.7. The lowest BCUT2D eigenvalue weighted by atomic mass is 10.1. The van der Waals surface area contributed by atoms with E-state index in [0.29, 0.717) is 31.8 Å². The van der Waals surface area contributed by atoms with Gasteiger partial charge in [-0.1, -0.05) is 44.5 Å². The largest absolute Gasteiger partial charge is 0.508 e. The van der Waals surface area contributed by atoms with E-state index in [4.69, 9.17) is 4.42 Å². The molecule has 2 amide bonds. The number of amides is 2. The molecular weight excluding hydrogens is 442 g/mol. The van der Waals surface area contributed by atoms with Gasteiger partial charge in [0.15, 0.2) is 5.76 Å². The molecule has 1 N–H and O–H groups in total. The van der Waals surface area contributed by atoms with Crippen LogP contribution in [0.4, 0.5) is 5.69 Å². The number of aromatic hydroxyl groups is 1. The van der Waals surface area contributed by atoms with Gasteiger partial charge < -0.3 is 19.3 Å². The molecular formula is C28H33N3O4. The lowest BCUT2D eigenvalue weighted by molar-refractivity contribution is -0.117. The second-order valence-corrected chi connectivity index (χ2v) is 8.97. The van der Waals surface area contributed by atoms with Gasteiger partial charge in [-0.2, -0.15) is 0 Å². The number of hydrogen-bond donors (Lipinski definition) is 1. The maximum Gasteiger partial charge on any atom is 0.289 e. The number of hydrogen-bond acceptors (Lipinski definition) is 5. The van der Waals surface area contributed by atoms with Crippen molar-refractivity contribution in [3.63, 3.8) is 0 Å². The monoisotopic (exact) mass is 475 g/mol. The summed E-state index contributed by atoms with van der Waals surface area (Å²) in [6.07, 6.45) is 3.25. The highest BCUT2D eigenvalue weighted by atomic mass is 16.3. The Labute approximate surface area is 206 Å². The van der Waals surface area contributed by atoms with Crippen molar-refractivity contribution in [3.05, 3.63) is 72.7 Å². The number of anilines is 1. The maximum atomic E-state index is 12.7. The first kappa shape index (κ1) is 24.5. The number of furan rings is 1. The number of piperazine rings is 1. The number of phenolic OH excluding ortho intramolecular Hbond substituents is 1. The lowest BCUT2D eigenvalue weighted by Gasteiger charge is -2.37. The summed E-state index contributed by atoms with van der Waals surface area (Å²) in [5.41, 5.74) is 2.81. The number of carbonyl (C=O) groups excluding carboxylic acids is 2. The molecule has 2 aromatic carbocycles. The summed E-state index contributed by atoms with van der Waals surface area (Å²) in [6, 6.07) is 18.6. The normalized spacial score (nSPS) is 18.3. The molecule has 2 aliphatic rings. The number of nitrogens with zero attached hydrogens (tertiary/aromatic N) is 3. The second kappa shape index (κ2) is 11.2. The fourth-order valence-electron chi connectivity index (χ4n) is 4.55. The molecule has 2 saturated heterocycles. The zero-order chi connectivity index (χ0) is 24.8. The van der Waals surface area contributed by atoms with Gasteiger partial charge in [-0.25, -0.2) is 0 Å². The van der Waals surface area contributed by atoms with Crippen LogP contribution in [-0.2, 0) is 4.79 Å². The number of rotatable bonds is 4. The van der Waals surface area contributed by atoms with Crippen molar-refractivity contribution < 1.29 is 19.1 Å². The smallest absolute Gasteiger partial charge is 0.289 e. The van der Waals surface area contributed by atoms with Crippen molar-refractivity contribution in [2.45, 2.75) is 32.7 Å². The zero-order valence-corrected chi connectivity index (χ0v) is 20.4. The third kappa shape index (κ3) is 5.74. The SMILES string of the molecule is CCC.O=C(c1ccco1)N1CCN(C2CC(=O)N(c3ccc(-c4cccc(O)c4)cc3)C2)CC1. The van der Waals surface area contributed by atoms with E-state index in [1.54, 1.807) is 24.3 Å². The Bertz CT molecular complexity index is 1120. The van der Waals surface area contributed by atoms with Crippen LogP contribution in [0.15, 0.2) is 71.3 Å². The van der Waals surface area contributed by atoms with Crippen molar-refractivity contribution in [1.29, 1.82) is 0 Å². The first-order valence-corrected chi connectivity index (χ1v) is 12.3. The Kier molecular flexibility index (Phi) is 7.87. The lowest BCUT2D eigenvalue weighted by Crippen LogP contribution is -2.52.